The molecule has 1 saturated heterocycles. The summed E-state index contributed by atoms with van der Waals surface area (Å²) in [6.45, 7) is 13.0. The van der Waals surface area contributed by atoms with E-state index in [0.29, 0.717) is 60.4 Å². The molecule has 0 saturated carbocycles. The summed E-state index contributed by atoms with van der Waals surface area (Å²) in [7, 11) is 3.92. The Hall–Kier alpha value is -3.82. The number of nitrogens with zero attached hydrogens (tertiary/aromatic N) is 3. The summed E-state index contributed by atoms with van der Waals surface area (Å²) < 4.78 is 17.7. The number of esters is 1. The van der Waals surface area contributed by atoms with Gasteiger partial charge in [-0.1, -0.05) is 35.9 Å². The molecule has 0 bridgehead atoms. The number of fused-ring (bicyclic) bond motifs is 2. The van der Waals surface area contributed by atoms with Gasteiger partial charge in [0.15, 0.2) is 6.10 Å². The third kappa shape index (κ3) is 7.42. The van der Waals surface area contributed by atoms with Crippen LogP contribution in [0.25, 0.3) is 21.9 Å². The van der Waals surface area contributed by atoms with E-state index in [1.165, 1.54) is 0 Å². The summed E-state index contributed by atoms with van der Waals surface area (Å²) in [5.74, 6) is 0.576. The molecule has 0 aromatic heterocycles. The Morgan fingerprint density at radius 2 is 1.70 bits per heavy atom. The number of anilines is 1. The van der Waals surface area contributed by atoms with Gasteiger partial charge in [0.1, 0.15) is 17.1 Å². The van der Waals surface area contributed by atoms with Gasteiger partial charge in [0.05, 0.1) is 16.1 Å². The second-order valence-corrected chi connectivity index (χ2v) is 14.9. The van der Waals surface area contributed by atoms with Gasteiger partial charge in [-0.05, 0) is 96.2 Å². The fourth-order valence-electron chi connectivity index (χ4n) is 5.54. The highest BCUT2D eigenvalue weighted by Crippen LogP contribution is 2.45. The predicted molar refractivity (Wildman–Crippen MR) is 181 cm³/mol. The second-order valence-electron chi connectivity index (χ2n) is 14.5. The second kappa shape index (κ2) is 12.8. The van der Waals surface area contributed by atoms with E-state index in [2.05, 4.69) is 0 Å². The van der Waals surface area contributed by atoms with Crippen molar-refractivity contribution >= 4 is 46.0 Å². The third-order valence-corrected chi connectivity index (χ3v) is 8.30. The number of hydrogen-bond acceptors (Lipinski definition) is 7. The van der Waals surface area contributed by atoms with Gasteiger partial charge in [0.25, 0.3) is 5.91 Å². The number of carbonyl (C=O) groups excluding carboxylic acids is 3. The number of carbonyl (C=O) groups is 3. The van der Waals surface area contributed by atoms with E-state index in [1.807, 2.05) is 103 Å². The zero-order valence-corrected chi connectivity index (χ0v) is 28.7. The Morgan fingerprint density at radius 3 is 2.35 bits per heavy atom. The normalized spacial score (nSPS) is 17.1. The Kier molecular flexibility index (Phi) is 9.30. The maximum absolute atomic E-state index is 13.8. The minimum Gasteiger partial charge on any atom is -0.478 e. The lowest BCUT2D eigenvalue weighted by molar-refractivity contribution is -0.143. The maximum Gasteiger partial charge on any atom is 0.410 e. The number of benzene rings is 3. The molecule has 0 aliphatic carbocycles. The molecule has 3 aromatic rings. The summed E-state index contributed by atoms with van der Waals surface area (Å²) in [5, 5.41) is 2.26. The molecule has 46 heavy (non-hydrogen) atoms. The predicted octanol–water partition coefficient (Wildman–Crippen LogP) is 7.02. The van der Waals surface area contributed by atoms with Crippen LogP contribution in [0.4, 0.5) is 10.5 Å². The van der Waals surface area contributed by atoms with Crippen LogP contribution in [0, 0.1) is 11.3 Å². The topological polar surface area (TPSA) is 88.6 Å². The molecule has 2 heterocycles. The van der Waals surface area contributed by atoms with Crippen LogP contribution in [0.15, 0.2) is 48.5 Å². The van der Waals surface area contributed by atoms with Crippen LogP contribution in [0.2, 0.25) is 5.02 Å². The van der Waals surface area contributed by atoms with E-state index in [0.717, 1.165) is 16.3 Å². The first kappa shape index (κ1) is 33.5. The smallest absolute Gasteiger partial charge is 0.410 e. The van der Waals surface area contributed by atoms with Crippen molar-refractivity contribution in [3.63, 3.8) is 0 Å². The number of rotatable bonds is 7. The highest BCUT2D eigenvalue weighted by molar-refractivity contribution is 6.34. The lowest BCUT2D eigenvalue weighted by atomic mass is 9.95. The van der Waals surface area contributed by atoms with Gasteiger partial charge < -0.3 is 28.9 Å². The first-order valence-corrected chi connectivity index (χ1v) is 16.1. The van der Waals surface area contributed by atoms with Gasteiger partial charge in [-0.15, -0.1) is 0 Å². The molecule has 246 valence electrons. The number of amides is 2. The Balaban J connectivity index is 1.50. The summed E-state index contributed by atoms with van der Waals surface area (Å²) in [5.41, 5.74) is 0.826. The van der Waals surface area contributed by atoms with Crippen LogP contribution in [0.1, 0.15) is 48.0 Å². The first-order valence-electron chi connectivity index (χ1n) is 15.7. The minimum absolute atomic E-state index is 0.0773. The molecule has 5 rings (SSSR count). The van der Waals surface area contributed by atoms with Gasteiger partial charge in [0, 0.05) is 44.1 Å². The number of halogens is 1. The van der Waals surface area contributed by atoms with Crippen molar-refractivity contribution in [2.45, 2.75) is 59.7 Å². The molecule has 2 aliphatic heterocycles. The lowest BCUT2D eigenvalue weighted by Gasteiger charge is -2.43. The van der Waals surface area contributed by atoms with E-state index < -0.39 is 17.1 Å². The van der Waals surface area contributed by atoms with Crippen LogP contribution in [-0.2, 0) is 14.3 Å². The van der Waals surface area contributed by atoms with Gasteiger partial charge in [-0.3, -0.25) is 9.59 Å². The minimum atomic E-state index is -0.679. The third-order valence-electron chi connectivity index (χ3n) is 7.99. The number of hydrogen-bond donors (Lipinski definition) is 0. The van der Waals surface area contributed by atoms with Crippen LogP contribution < -0.4 is 14.4 Å². The van der Waals surface area contributed by atoms with E-state index in [4.69, 9.17) is 25.8 Å². The number of likely N-dealkylation sites (tertiary alicyclic amines) is 1. The summed E-state index contributed by atoms with van der Waals surface area (Å²) >= 11 is 7.01. The lowest BCUT2D eigenvalue weighted by Crippen LogP contribution is -2.57. The highest BCUT2D eigenvalue weighted by atomic mass is 35.5. The Labute approximate surface area is 276 Å². The quantitative estimate of drug-likeness (QED) is 0.201. The Morgan fingerprint density at radius 1 is 1.00 bits per heavy atom. The summed E-state index contributed by atoms with van der Waals surface area (Å²) in [6, 6.07) is 15.2. The largest absolute Gasteiger partial charge is 0.478 e. The average molecular weight is 650 g/mol. The molecule has 9 nitrogen and oxygen atoms in total. The maximum atomic E-state index is 13.8. The van der Waals surface area contributed by atoms with Gasteiger partial charge >= 0.3 is 12.1 Å². The molecule has 2 amide bonds. The van der Waals surface area contributed by atoms with Crippen molar-refractivity contribution in [2.75, 3.05) is 45.2 Å². The molecule has 3 aromatic carbocycles. The molecule has 2 aliphatic rings. The van der Waals surface area contributed by atoms with Gasteiger partial charge in [0.2, 0.25) is 0 Å². The molecule has 1 fully saturated rings. The molecule has 10 heteroatoms. The van der Waals surface area contributed by atoms with E-state index in [1.54, 1.807) is 15.9 Å². The van der Waals surface area contributed by atoms with Crippen molar-refractivity contribution < 1.29 is 28.6 Å². The van der Waals surface area contributed by atoms with Crippen LogP contribution in [0.5, 0.6) is 11.5 Å². The molecular weight excluding hydrogens is 606 g/mol. The fraction of sp³-hybridized carbons (Fsp3) is 0.472. The van der Waals surface area contributed by atoms with Crippen molar-refractivity contribution in [3.8, 4) is 22.6 Å². The van der Waals surface area contributed by atoms with Crippen molar-refractivity contribution in [3.05, 3.63) is 53.6 Å². The SMILES string of the molecule is CN(C)CC[C@H]1Oc2cc(-c3cc(OC(=O)C(C)(C)C)cc4ccccc34)c(Cl)cc2N(CC2CN(C(=O)OC(C)(C)C)C2)C1=O. The van der Waals surface area contributed by atoms with Gasteiger partial charge in [-0.2, -0.15) is 0 Å². The number of ether oxygens (including phenoxy) is 3. The molecule has 0 radical (unpaired) electrons. The van der Waals surface area contributed by atoms with Crippen LogP contribution in [-0.4, -0.2) is 79.7 Å². The zero-order chi connectivity index (χ0) is 33.6. The van der Waals surface area contributed by atoms with E-state index in [-0.39, 0.29) is 23.9 Å². The van der Waals surface area contributed by atoms with Crippen molar-refractivity contribution in [1.82, 2.24) is 9.80 Å². The molecule has 0 N–H and O–H groups in total. The first-order chi connectivity index (χ1) is 21.5. The zero-order valence-electron chi connectivity index (χ0n) is 28.0. The Bertz CT molecular complexity index is 1650. The highest BCUT2D eigenvalue weighted by Gasteiger charge is 2.40. The van der Waals surface area contributed by atoms with Crippen LogP contribution in [0.3, 0.4) is 0 Å². The van der Waals surface area contributed by atoms with Crippen molar-refractivity contribution in [1.29, 1.82) is 0 Å². The van der Waals surface area contributed by atoms with Crippen LogP contribution >= 0.6 is 11.6 Å². The summed E-state index contributed by atoms with van der Waals surface area (Å²) in [6.07, 6.45) is -0.520. The standard InChI is InChI=1S/C36H44ClN3O6/c1-35(2,3)33(42)44-24-15-23-11-9-10-12-25(23)26(16-24)27-17-31-29(18-28(27)37)40(32(41)30(45-31)13-14-38(7)8)21-22-19-39(20-22)34(43)46-36(4,5)6/h9-12,15-18,22,30H,13-14,19-21H2,1-8H3/t30-/m1/s1. The molecule has 0 spiro atoms. The van der Waals surface area contributed by atoms with E-state index >= 15 is 0 Å². The summed E-state index contributed by atoms with van der Waals surface area (Å²) in [4.78, 5) is 44.6. The molecule has 0 unspecified atom stereocenters. The van der Waals surface area contributed by atoms with Gasteiger partial charge in [-0.25, -0.2) is 4.79 Å². The molecular formula is C36H44ClN3O6. The average Bonchev–Trinajstić information content (AvgIpc) is 2.92. The van der Waals surface area contributed by atoms with Crippen molar-refractivity contribution in [2.24, 2.45) is 11.3 Å². The molecule has 1 atom stereocenters. The fourth-order valence-corrected chi connectivity index (χ4v) is 5.80. The van der Waals surface area contributed by atoms with E-state index in [9.17, 15) is 14.4 Å². The monoisotopic (exact) mass is 649 g/mol.